The maximum Gasteiger partial charge on any atom is 0.230 e. The van der Waals surface area contributed by atoms with E-state index in [1.165, 1.54) is 6.26 Å². The number of aromatic nitrogens is 5. The molecule has 0 unspecified atom stereocenters. The summed E-state index contributed by atoms with van der Waals surface area (Å²) >= 11 is 0. The molecule has 8 heteroatoms. The number of rotatable bonds is 5. The second kappa shape index (κ2) is 7.20. The first-order chi connectivity index (χ1) is 13.2. The van der Waals surface area contributed by atoms with Crippen LogP contribution in [0, 0.1) is 6.92 Å². The lowest BCUT2D eigenvalue weighted by atomic mass is 10.2. The van der Waals surface area contributed by atoms with Gasteiger partial charge in [0.2, 0.25) is 11.8 Å². The maximum absolute atomic E-state index is 12.4. The van der Waals surface area contributed by atoms with Gasteiger partial charge in [0.1, 0.15) is 6.26 Å². The van der Waals surface area contributed by atoms with Gasteiger partial charge < -0.3 is 9.73 Å². The zero-order chi connectivity index (χ0) is 18.6. The molecule has 0 spiro atoms. The summed E-state index contributed by atoms with van der Waals surface area (Å²) in [4.78, 5) is 16.7. The number of anilines is 1. The number of carbonyl (C=O) groups excluding carboxylic acids is 1. The van der Waals surface area contributed by atoms with Gasteiger partial charge in [-0.1, -0.05) is 24.3 Å². The Labute approximate surface area is 154 Å². The van der Waals surface area contributed by atoms with E-state index >= 15 is 0 Å². The molecule has 0 saturated heterocycles. The number of hydrogen-bond donors (Lipinski definition) is 1. The molecule has 2 heterocycles. The highest BCUT2D eigenvalue weighted by atomic mass is 16.3. The number of oxazole rings is 1. The fourth-order valence-electron chi connectivity index (χ4n) is 2.66. The molecular formula is C19H16N6O2. The molecule has 4 rings (SSSR count). The van der Waals surface area contributed by atoms with Gasteiger partial charge in [-0.15, -0.1) is 5.10 Å². The number of nitrogens with one attached hydrogen (secondary N) is 1. The molecule has 0 bridgehead atoms. The summed E-state index contributed by atoms with van der Waals surface area (Å²) in [7, 11) is 0. The van der Waals surface area contributed by atoms with Crippen molar-refractivity contribution in [3.05, 3.63) is 72.4 Å². The summed E-state index contributed by atoms with van der Waals surface area (Å²) in [6.45, 7) is 1.81. The Hall–Kier alpha value is -3.81. The lowest BCUT2D eigenvalue weighted by Gasteiger charge is -2.07. The van der Waals surface area contributed by atoms with Crippen LogP contribution >= 0.6 is 0 Å². The topological polar surface area (TPSA) is 98.7 Å². The average molecular weight is 360 g/mol. The van der Waals surface area contributed by atoms with E-state index < -0.39 is 0 Å². The summed E-state index contributed by atoms with van der Waals surface area (Å²) in [5.41, 5.74) is 2.86. The fraction of sp³-hybridized carbons (Fsp3) is 0.105. The molecule has 1 amide bonds. The van der Waals surface area contributed by atoms with E-state index in [0.29, 0.717) is 23.1 Å². The minimum atomic E-state index is -0.187. The standard InChI is InChI=1S/C19H16N6O2/c1-13-22-23-24-25(13)17-9-5-8-15(10-17)20-18(26)11-16-12-27-19(21-16)14-6-3-2-4-7-14/h2-10,12H,11H2,1H3,(H,20,26). The van der Waals surface area contributed by atoms with Crippen LogP contribution < -0.4 is 5.32 Å². The Morgan fingerprint density at radius 2 is 2.00 bits per heavy atom. The Morgan fingerprint density at radius 3 is 2.78 bits per heavy atom. The number of nitrogens with zero attached hydrogens (tertiary/aromatic N) is 5. The van der Waals surface area contributed by atoms with Gasteiger partial charge in [-0.3, -0.25) is 4.79 Å². The van der Waals surface area contributed by atoms with Crippen molar-refractivity contribution in [3.63, 3.8) is 0 Å². The fourth-order valence-corrected chi connectivity index (χ4v) is 2.66. The zero-order valence-corrected chi connectivity index (χ0v) is 14.5. The number of benzene rings is 2. The quantitative estimate of drug-likeness (QED) is 0.587. The Balaban J connectivity index is 1.44. The van der Waals surface area contributed by atoms with Crippen LogP contribution in [0.25, 0.3) is 17.1 Å². The van der Waals surface area contributed by atoms with E-state index in [1.807, 2.05) is 42.5 Å². The highest BCUT2D eigenvalue weighted by molar-refractivity contribution is 5.92. The van der Waals surface area contributed by atoms with Gasteiger partial charge >= 0.3 is 0 Å². The highest BCUT2D eigenvalue weighted by Crippen LogP contribution is 2.19. The van der Waals surface area contributed by atoms with Crippen molar-refractivity contribution in [3.8, 4) is 17.1 Å². The van der Waals surface area contributed by atoms with Crippen molar-refractivity contribution in [1.82, 2.24) is 25.2 Å². The van der Waals surface area contributed by atoms with E-state index in [9.17, 15) is 4.79 Å². The first kappa shape index (κ1) is 16.6. The first-order valence-corrected chi connectivity index (χ1v) is 8.34. The molecule has 0 aliphatic carbocycles. The van der Waals surface area contributed by atoms with Crippen LogP contribution in [0.4, 0.5) is 5.69 Å². The second-order valence-corrected chi connectivity index (χ2v) is 5.92. The van der Waals surface area contributed by atoms with Crippen LogP contribution in [0.5, 0.6) is 0 Å². The van der Waals surface area contributed by atoms with Gasteiger partial charge in [-0.2, -0.15) is 4.68 Å². The molecule has 2 aromatic heterocycles. The Bertz CT molecular complexity index is 1070. The van der Waals surface area contributed by atoms with E-state index in [0.717, 1.165) is 11.3 Å². The zero-order valence-electron chi connectivity index (χ0n) is 14.5. The number of carbonyl (C=O) groups is 1. The summed E-state index contributed by atoms with van der Waals surface area (Å²) in [6.07, 6.45) is 1.62. The molecule has 0 aliphatic rings. The Kier molecular flexibility index (Phi) is 4.44. The van der Waals surface area contributed by atoms with Gasteiger partial charge in [0.05, 0.1) is 17.8 Å². The van der Waals surface area contributed by atoms with Crippen LogP contribution in [-0.2, 0) is 11.2 Å². The molecular weight excluding hydrogens is 344 g/mol. The summed E-state index contributed by atoms with van der Waals surface area (Å²) in [6, 6.07) is 16.9. The van der Waals surface area contributed by atoms with Gasteiger partial charge in [0, 0.05) is 11.3 Å². The molecule has 27 heavy (non-hydrogen) atoms. The minimum Gasteiger partial charge on any atom is -0.444 e. The summed E-state index contributed by atoms with van der Waals surface area (Å²) in [5.74, 6) is 0.970. The maximum atomic E-state index is 12.4. The highest BCUT2D eigenvalue weighted by Gasteiger charge is 2.11. The molecule has 1 N–H and O–H groups in total. The number of tetrazole rings is 1. The van der Waals surface area contributed by atoms with Crippen LogP contribution in [0.15, 0.2) is 65.3 Å². The van der Waals surface area contributed by atoms with E-state index in [1.54, 1.807) is 23.7 Å². The molecule has 0 aliphatic heterocycles. The second-order valence-electron chi connectivity index (χ2n) is 5.92. The molecule has 0 radical (unpaired) electrons. The summed E-state index contributed by atoms with van der Waals surface area (Å²) in [5, 5.41) is 14.3. The van der Waals surface area contributed by atoms with Gasteiger partial charge in [0.15, 0.2) is 5.82 Å². The van der Waals surface area contributed by atoms with Crippen molar-refractivity contribution in [2.45, 2.75) is 13.3 Å². The minimum absolute atomic E-state index is 0.116. The van der Waals surface area contributed by atoms with Crippen molar-refractivity contribution in [1.29, 1.82) is 0 Å². The van der Waals surface area contributed by atoms with Crippen LogP contribution in [0.2, 0.25) is 0 Å². The van der Waals surface area contributed by atoms with Crippen LogP contribution in [0.1, 0.15) is 11.5 Å². The molecule has 0 atom stereocenters. The lowest BCUT2D eigenvalue weighted by Crippen LogP contribution is -2.15. The molecule has 2 aromatic carbocycles. The van der Waals surface area contributed by atoms with E-state index in [-0.39, 0.29) is 12.3 Å². The SMILES string of the molecule is Cc1nnnn1-c1cccc(NC(=O)Cc2coc(-c3ccccc3)n2)c1. The first-order valence-electron chi connectivity index (χ1n) is 8.34. The molecule has 8 nitrogen and oxygen atoms in total. The molecule has 0 fully saturated rings. The predicted molar refractivity (Wildman–Crippen MR) is 98.2 cm³/mol. The molecule has 4 aromatic rings. The third-order valence-electron chi connectivity index (χ3n) is 3.91. The predicted octanol–water partition coefficient (Wildman–Crippen LogP) is 2.81. The molecule has 134 valence electrons. The van der Waals surface area contributed by atoms with Crippen molar-refractivity contribution in [2.75, 3.05) is 5.32 Å². The van der Waals surface area contributed by atoms with Crippen molar-refractivity contribution < 1.29 is 9.21 Å². The molecule has 0 saturated carbocycles. The van der Waals surface area contributed by atoms with Crippen LogP contribution in [0.3, 0.4) is 0 Å². The number of hydrogen-bond acceptors (Lipinski definition) is 6. The van der Waals surface area contributed by atoms with Gasteiger partial charge in [0.25, 0.3) is 0 Å². The van der Waals surface area contributed by atoms with Gasteiger partial charge in [-0.05, 0) is 47.7 Å². The monoisotopic (exact) mass is 360 g/mol. The Morgan fingerprint density at radius 1 is 1.15 bits per heavy atom. The third-order valence-corrected chi connectivity index (χ3v) is 3.91. The van der Waals surface area contributed by atoms with E-state index in [2.05, 4.69) is 25.8 Å². The summed E-state index contributed by atoms with van der Waals surface area (Å²) < 4.78 is 7.06. The smallest absolute Gasteiger partial charge is 0.230 e. The number of amides is 1. The van der Waals surface area contributed by atoms with Crippen molar-refractivity contribution >= 4 is 11.6 Å². The largest absolute Gasteiger partial charge is 0.444 e. The van der Waals surface area contributed by atoms with E-state index in [4.69, 9.17) is 4.42 Å². The lowest BCUT2D eigenvalue weighted by molar-refractivity contribution is -0.115. The van der Waals surface area contributed by atoms with Crippen molar-refractivity contribution in [2.24, 2.45) is 0 Å². The third kappa shape index (κ3) is 3.74. The normalized spacial score (nSPS) is 10.7. The van der Waals surface area contributed by atoms with Gasteiger partial charge in [-0.25, -0.2) is 4.98 Å². The average Bonchev–Trinajstić information content (AvgIpc) is 3.31. The van der Waals surface area contributed by atoms with Crippen LogP contribution in [-0.4, -0.2) is 31.1 Å². The number of aryl methyl sites for hydroxylation is 1.